The summed E-state index contributed by atoms with van der Waals surface area (Å²) in [6.45, 7) is 1.37. The summed E-state index contributed by atoms with van der Waals surface area (Å²) < 4.78 is 17.2. The van der Waals surface area contributed by atoms with Gasteiger partial charge in [0, 0.05) is 42.4 Å². The molecule has 1 fully saturated rings. The Morgan fingerprint density at radius 1 is 1.24 bits per heavy atom. The second-order valence-corrected chi connectivity index (χ2v) is 9.13. The van der Waals surface area contributed by atoms with Crippen molar-refractivity contribution in [3.8, 4) is 11.1 Å². The van der Waals surface area contributed by atoms with Crippen LogP contribution in [0.1, 0.15) is 12.8 Å². The molecule has 0 unspecified atom stereocenters. The molecule has 0 radical (unpaired) electrons. The van der Waals surface area contributed by atoms with E-state index < -0.39 is 11.6 Å². The number of carbonyl (C=O) groups is 1. The molecule has 0 spiro atoms. The van der Waals surface area contributed by atoms with E-state index in [0.717, 1.165) is 16.0 Å². The molecule has 29 heavy (non-hydrogen) atoms. The predicted molar refractivity (Wildman–Crippen MR) is 123 cm³/mol. The second-order valence-electron chi connectivity index (χ2n) is 6.81. The normalized spacial score (nSPS) is 16.8. The van der Waals surface area contributed by atoms with E-state index in [0.29, 0.717) is 24.7 Å². The van der Waals surface area contributed by atoms with Crippen molar-refractivity contribution in [1.29, 1.82) is 0 Å². The zero-order chi connectivity index (χ0) is 20.7. The van der Waals surface area contributed by atoms with Gasteiger partial charge in [-0.1, -0.05) is 48.0 Å². The minimum absolute atomic E-state index is 0.187. The number of nitrogens with zero attached hydrogens (tertiary/aromatic N) is 1. The summed E-state index contributed by atoms with van der Waals surface area (Å²) in [7, 11) is 0. The molecule has 2 aromatic carbocycles. The number of thioether (sulfide) groups is 1. The van der Waals surface area contributed by atoms with Crippen molar-refractivity contribution in [2.75, 3.05) is 25.9 Å². The van der Waals surface area contributed by atoms with Crippen molar-refractivity contribution in [2.45, 2.75) is 23.4 Å². The van der Waals surface area contributed by atoms with Gasteiger partial charge in [0.05, 0.1) is 0 Å². The second kappa shape index (κ2) is 10.5. The lowest BCUT2D eigenvalue weighted by Gasteiger charge is -2.34. The quantitative estimate of drug-likeness (QED) is 0.539. The molecule has 1 saturated heterocycles. The van der Waals surface area contributed by atoms with Gasteiger partial charge in [-0.05, 0) is 52.9 Å². The topological polar surface area (TPSA) is 32.3 Å². The van der Waals surface area contributed by atoms with Gasteiger partial charge in [0.1, 0.15) is 0 Å². The third-order valence-electron chi connectivity index (χ3n) is 4.79. The van der Waals surface area contributed by atoms with E-state index in [1.165, 1.54) is 0 Å². The number of carbonyl (C=O) groups excluding carboxylic acids is 1. The van der Waals surface area contributed by atoms with Crippen LogP contribution in [-0.2, 0) is 4.79 Å². The van der Waals surface area contributed by atoms with Crippen molar-refractivity contribution in [2.24, 2.45) is 0 Å². The van der Waals surface area contributed by atoms with Gasteiger partial charge in [-0.15, -0.1) is 11.8 Å². The molecule has 2 aromatic rings. The first-order valence-electron chi connectivity index (χ1n) is 9.45. The van der Waals surface area contributed by atoms with Crippen LogP contribution in [0.15, 0.2) is 64.9 Å². The third-order valence-corrected chi connectivity index (χ3v) is 6.66. The number of amides is 1. The number of halogens is 2. The lowest BCUT2D eigenvalue weighted by atomic mass is 9.93. The molecule has 154 valence electrons. The van der Waals surface area contributed by atoms with Gasteiger partial charge in [-0.3, -0.25) is 4.79 Å². The highest BCUT2D eigenvalue weighted by atomic mass is 35.5. The number of benzene rings is 2. The average Bonchev–Trinajstić information content (AvgIpc) is 2.74. The van der Waals surface area contributed by atoms with Crippen molar-refractivity contribution in [3.63, 3.8) is 0 Å². The Hall–Kier alpha value is -1.47. The molecule has 3 rings (SSSR count). The Labute approximate surface area is 185 Å². The van der Waals surface area contributed by atoms with Crippen LogP contribution in [0.4, 0.5) is 4.39 Å². The lowest BCUT2D eigenvalue weighted by molar-refractivity contribution is -0.135. The van der Waals surface area contributed by atoms with Crippen molar-refractivity contribution < 1.29 is 9.18 Å². The number of hydrogen-bond donors (Lipinski definition) is 1. The number of nitrogens with one attached hydrogen (secondary N) is 1. The lowest BCUT2D eigenvalue weighted by Crippen LogP contribution is -2.49. The van der Waals surface area contributed by atoms with Crippen molar-refractivity contribution in [1.82, 2.24) is 9.62 Å². The average molecular weight is 451 g/mol. The summed E-state index contributed by atoms with van der Waals surface area (Å²) in [5.41, 5.74) is 0.345. The van der Waals surface area contributed by atoms with E-state index in [9.17, 15) is 4.79 Å². The molecule has 0 bridgehead atoms. The van der Waals surface area contributed by atoms with E-state index in [4.69, 9.17) is 11.6 Å². The van der Waals surface area contributed by atoms with Gasteiger partial charge >= 0.3 is 0 Å². The molecular weight excluding hydrogens is 427 g/mol. The maximum Gasteiger partial charge on any atom is 0.258 e. The maximum atomic E-state index is 15.1. The number of piperidine rings is 1. The van der Waals surface area contributed by atoms with Crippen LogP contribution in [0.25, 0.3) is 11.1 Å². The molecule has 1 amide bonds. The fourth-order valence-electron chi connectivity index (χ4n) is 3.18. The molecule has 0 atom stereocenters. The molecule has 1 aliphatic rings. The minimum atomic E-state index is -1.80. The SMILES string of the molecule is CS/C=C/CNC(=O)C1(F)CCN(Sc2ccc(Cl)cc2-c2ccccc2)CC1. The summed E-state index contributed by atoms with van der Waals surface area (Å²) >= 11 is 9.36. The Balaban J connectivity index is 1.63. The molecule has 0 saturated carbocycles. The molecule has 1 heterocycles. The Morgan fingerprint density at radius 3 is 2.66 bits per heavy atom. The monoisotopic (exact) mass is 450 g/mol. The van der Waals surface area contributed by atoms with Crippen LogP contribution in [0.2, 0.25) is 5.02 Å². The maximum absolute atomic E-state index is 15.1. The molecule has 0 aliphatic carbocycles. The Kier molecular flexibility index (Phi) is 8.07. The minimum Gasteiger partial charge on any atom is -0.350 e. The molecule has 7 heteroatoms. The van der Waals surface area contributed by atoms with Gasteiger partial charge in [0.15, 0.2) is 5.67 Å². The van der Waals surface area contributed by atoms with E-state index in [1.54, 1.807) is 23.7 Å². The summed E-state index contributed by atoms with van der Waals surface area (Å²) in [5.74, 6) is -0.510. The highest BCUT2D eigenvalue weighted by Crippen LogP contribution is 2.38. The highest BCUT2D eigenvalue weighted by Gasteiger charge is 2.41. The summed E-state index contributed by atoms with van der Waals surface area (Å²) in [4.78, 5) is 13.3. The first-order chi connectivity index (χ1) is 14.0. The van der Waals surface area contributed by atoms with Crippen LogP contribution < -0.4 is 5.32 Å². The summed E-state index contributed by atoms with van der Waals surface area (Å²) in [5, 5.41) is 5.23. The van der Waals surface area contributed by atoms with Gasteiger partial charge in [0.25, 0.3) is 5.91 Å². The van der Waals surface area contributed by atoms with Crippen LogP contribution in [-0.4, -0.2) is 41.8 Å². The van der Waals surface area contributed by atoms with E-state index in [-0.39, 0.29) is 12.8 Å². The third kappa shape index (κ3) is 6.01. The number of hydrogen-bond acceptors (Lipinski definition) is 4. The molecular formula is C22H24ClFN2OS2. The molecule has 1 aliphatic heterocycles. The van der Waals surface area contributed by atoms with E-state index >= 15 is 4.39 Å². The number of alkyl halides is 1. The van der Waals surface area contributed by atoms with Gasteiger partial charge in [-0.25, -0.2) is 8.70 Å². The van der Waals surface area contributed by atoms with Crippen LogP contribution in [0.5, 0.6) is 0 Å². The molecule has 3 nitrogen and oxygen atoms in total. The first kappa shape index (κ1) is 22.2. The van der Waals surface area contributed by atoms with E-state index in [2.05, 4.69) is 9.62 Å². The Bertz CT molecular complexity index is 855. The Morgan fingerprint density at radius 2 is 1.97 bits per heavy atom. The van der Waals surface area contributed by atoms with Crippen LogP contribution in [0.3, 0.4) is 0 Å². The van der Waals surface area contributed by atoms with Crippen LogP contribution in [0, 0.1) is 0 Å². The van der Waals surface area contributed by atoms with Crippen molar-refractivity contribution in [3.05, 3.63) is 65.0 Å². The fourth-order valence-corrected chi connectivity index (χ4v) is 4.69. The standard InChI is InChI=1S/C22H24ClFN2OS2/c1-28-15-5-12-25-21(27)22(24)10-13-26(14-11-22)29-20-9-8-18(23)16-19(20)17-6-3-2-4-7-17/h2-9,15-16H,10-14H2,1H3,(H,25,27)/b15-5+. The molecule has 1 N–H and O–H groups in total. The predicted octanol–water partition coefficient (Wildman–Crippen LogP) is 5.81. The fraction of sp³-hybridized carbons (Fsp3) is 0.318. The van der Waals surface area contributed by atoms with Gasteiger partial charge < -0.3 is 5.32 Å². The van der Waals surface area contributed by atoms with Gasteiger partial charge in [0.2, 0.25) is 0 Å². The van der Waals surface area contributed by atoms with Crippen molar-refractivity contribution >= 4 is 41.2 Å². The largest absolute Gasteiger partial charge is 0.350 e. The summed E-state index contributed by atoms with van der Waals surface area (Å²) in [6.07, 6.45) is 4.13. The number of rotatable bonds is 7. The zero-order valence-electron chi connectivity index (χ0n) is 16.2. The molecule has 0 aromatic heterocycles. The van der Waals surface area contributed by atoms with Crippen LogP contribution >= 0.6 is 35.3 Å². The van der Waals surface area contributed by atoms with Gasteiger partial charge in [-0.2, -0.15) is 0 Å². The highest BCUT2D eigenvalue weighted by molar-refractivity contribution is 8.01. The zero-order valence-corrected chi connectivity index (χ0v) is 18.6. The smallest absolute Gasteiger partial charge is 0.258 e. The first-order valence-corrected chi connectivity index (χ1v) is 11.9. The van der Waals surface area contributed by atoms with E-state index in [1.807, 2.05) is 66.3 Å². The summed E-state index contributed by atoms with van der Waals surface area (Å²) in [6, 6.07) is 15.9.